The van der Waals surface area contributed by atoms with Crippen LogP contribution in [0.1, 0.15) is 39.5 Å². The molecule has 1 saturated heterocycles. The van der Waals surface area contributed by atoms with Gasteiger partial charge in [-0.05, 0) is 25.2 Å². The molecule has 0 spiro atoms. The molecule has 1 atom stereocenters. The van der Waals surface area contributed by atoms with Crippen LogP contribution in [0.4, 0.5) is 0 Å². The highest BCUT2D eigenvalue weighted by Crippen LogP contribution is 2.12. The number of methoxy groups -OCH3 is 1. The van der Waals surface area contributed by atoms with Crippen LogP contribution in [0.3, 0.4) is 0 Å². The lowest BCUT2D eigenvalue weighted by Crippen LogP contribution is -2.47. The van der Waals surface area contributed by atoms with Gasteiger partial charge >= 0.3 is 0 Å². The second kappa shape index (κ2) is 8.15. The van der Waals surface area contributed by atoms with Gasteiger partial charge in [0.1, 0.15) is 6.04 Å². The number of nitrogens with one attached hydrogen (secondary N) is 1. The SMILES string of the molecule is COCCCCCN1CCC(=O)NC(C(C)C)C1=O. The molecule has 0 saturated carbocycles. The smallest absolute Gasteiger partial charge is 0.245 e. The van der Waals surface area contributed by atoms with Crippen molar-refractivity contribution in [3.05, 3.63) is 0 Å². The van der Waals surface area contributed by atoms with Crippen LogP contribution >= 0.6 is 0 Å². The van der Waals surface area contributed by atoms with Crippen molar-refractivity contribution in [3.8, 4) is 0 Å². The van der Waals surface area contributed by atoms with E-state index in [0.717, 1.165) is 32.4 Å². The third-order valence-electron chi connectivity index (χ3n) is 3.45. The average molecular weight is 270 g/mol. The molecular formula is C14H26N2O3. The number of ether oxygens (including phenoxy) is 1. The first-order valence-corrected chi connectivity index (χ1v) is 7.13. The van der Waals surface area contributed by atoms with Crippen molar-refractivity contribution in [1.82, 2.24) is 10.2 Å². The quantitative estimate of drug-likeness (QED) is 0.707. The standard InChI is InChI=1S/C14H26N2O3/c1-11(2)13-14(18)16(9-7-12(17)15-13)8-5-4-6-10-19-3/h11,13H,4-10H2,1-3H3,(H,15,17). The normalized spacial score (nSPS) is 20.6. The fraction of sp³-hybridized carbons (Fsp3) is 0.857. The van der Waals surface area contributed by atoms with Gasteiger partial charge in [0.25, 0.3) is 0 Å². The fourth-order valence-electron chi connectivity index (χ4n) is 2.25. The number of rotatable bonds is 7. The number of unbranched alkanes of at least 4 members (excludes halogenated alkanes) is 2. The van der Waals surface area contributed by atoms with Gasteiger partial charge < -0.3 is 15.0 Å². The van der Waals surface area contributed by atoms with E-state index in [9.17, 15) is 9.59 Å². The van der Waals surface area contributed by atoms with E-state index in [0.29, 0.717) is 13.0 Å². The molecule has 0 bridgehead atoms. The van der Waals surface area contributed by atoms with Crippen molar-refractivity contribution < 1.29 is 14.3 Å². The highest BCUT2D eigenvalue weighted by molar-refractivity contribution is 5.90. The summed E-state index contributed by atoms with van der Waals surface area (Å²) in [5, 5.41) is 2.82. The third-order valence-corrected chi connectivity index (χ3v) is 3.45. The molecule has 1 aliphatic heterocycles. The molecule has 1 unspecified atom stereocenters. The van der Waals surface area contributed by atoms with E-state index < -0.39 is 0 Å². The summed E-state index contributed by atoms with van der Waals surface area (Å²) < 4.78 is 5.00. The van der Waals surface area contributed by atoms with Gasteiger partial charge in [0.15, 0.2) is 0 Å². The summed E-state index contributed by atoms with van der Waals surface area (Å²) in [4.78, 5) is 25.8. The van der Waals surface area contributed by atoms with Gasteiger partial charge in [-0.25, -0.2) is 0 Å². The highest BCUT2D eigenvalue weighted by Gasteiger charge is 2.31. The Hall–Kier alpha value is -1.10. The van der Waals surface area contributed by atoms with Crippen LogP contribution in [0.15, 0.2) is 0 Å². The monoisotopic (exact) mass is 270 g/mol. The molecule has 1 rings (SSSR count). The Bertz CT molecular complexity index is 305. The van der Waals surface area contributed by atoms with E-state index in [4.69, 9.17) is 4.74 Å². The molecule has 1 N–H and O–H groups in total. The second-order valence-electron chi connectivity index (χ2n) is 5.42. The zero-order chi connectivity index (χ0) is 14.3. The van der Waals surface area contributed by atoms with Crippen LogP contribution in [-0.2, 0) is 14.3 Å². The number of hydrogen-bond acceptors (Lipinski definition) is 3. The summed E-state index contributed by atoms with van der Waals surface area (Å²) >= 11 is 0. The summed E-state index contributed by atoms with van der Waals surface area (Å²) in [5.41, 5.74) is 0. The first kappa shape index (κ1) is 16.0. The van der Waals surface area contributed by atoms with Gasteiger partial charge in [0.2, 0.25) is 11.8 Å². The summed E-state index contributed by atoms with van der Waals surface area (Å²) in [6.45, 7) is 5.97. The lowest BCUT2D eigenvalue weighted by Gasteiger charge is -2.26. The topological polar surface area (TPSA) is 58.6 Å². The Morgan fingerprint density at radius 1 is 1.32 bits per heavy atom. The maximum Gasteiger partial charge on any atom is 0.245 e. The van der Waals surface area contributed by atoms with Gasteiger partial charge in [-0.2, -0.15) is 0 Å². The van der Waals surface area contributed by atoms with Crippen molar-refractivity contribution >= 4 is 11.8 Å². The molecule has 19 heavy (non-hydrogen) atoms. The average Bonchev–Trinajstić information content (AvgIpc) is 2.51. The molecule has 5 heteroatoms. The zero-order valence-electron chi connectivity index (χ0n) is 12.3. The van der Waals surface area contributed by atoms with Gasteiger partial charge in [0, 0.05) is 33.2 Å². The Morgan fingerprint density at radius 3 is 2.68 bits per heavy atom. The molecule has 0 aromatic heterocycles. The number of carbonyl (C=O) groups is 2. The summed E-state index contributed by atoms with van der Waals surface area (Å²) in [6.07, 6.45) is 3.44. The molecule has 0 radical (unpaired) electrons. The van der Waals surface area contributed by atoms with Crippen molar-refractivity contribution in [2.45, 2.75) is 45.6 Å². The number of amides is 2. The van der Waals surface area contributed by atoms with E-state index in [1.54, 1.807) is 7.11 Å². The number of nitrogens with zero attached hydrogens (tertiary/aromatic N) is 1. The van der Waals surface area contributed by atoms with E-state index in [1.165, 1.54) is 0 Å². The maximum atomic E-state index is 12.3. The molecular weight excluding hydrogens is 244 g/mol. The Labute approximate surface area is 115 Å². The molecule has 1 heterocycles. The minimum absolute atomic E-state index is 0.0195. The molecule has 5 nitrogen and oxygen atoms in total. The van der Waals surface area contributed by atoms with Gasteiger partial charge in [0.05, 0.1) is 0 Å². The third kappa shape index (κ3) is 5.19. The number of carbonyl (C=O) groups excluding carboxylic acids is 2. The second-order valence-corrected chi connectivity index (χ2v) is 5.42. The van der Waals surface area contributed by atoms with E-state index in [2.05, 4.69) is 5.32 Å². The lowest BCUT2D eigenvalue weighted by atomic mass is 10.0. The summed E-state index contributed by atoms with van der Waals surface area (Å²) in [5.74, 6) is 0.173. The predicted molar refractivity (Wildman–Crippen MR) is 73.7 cm³/mol. The van der Waals surface area contributed by atoms with Crippen molar-refractivity contribution in [1.29, 1.82) is 0 Å². The minimum atomic E-state index is -0.367. The fourth-order valence-corrected chi connectivity index (χ4v) is 2.25. The first-order valence-electron chi connectivity index (χ1n) is 7.13. The summed E-state index contributed by atoms with van der Waals surface area (Å²) in [7, 11) is 1.70. The summed E-state index contributed by atoms with van der Waals surface area (Å²) in [6, 6.07) is -0.367. The largest absolute Gasteiger partial charge is 0.385 e. The van der Waals surface area contributed by atoms with Gasteiger partial charge in [-0.1, -0.05) is 13.8 Å². The predicted octanol–water partition coefficient (Wildman–Crippen LogP) is 1.18. The zero-order valence-corrected chi connectivity index (χ0v) is 12.3. The van der Waals surface area contributed by atoms with Crippen molar-refractivity contribution in [3.63, 3.8) is 0 Å². The van der Waals surface area contributed by atoms with Crippen molar-refractivity contribution in [2.24, 2.45) is 5.92 Å². The molecule has 1 fully saturated rings. The van der Waals surface area contributed by atoms with E-state index in [-0.39, 0.29) is 23.8 Å². The van der Waals surface area contributed by atoms with Crippen LogP contribution < -0.4 is 5.32 Å². The molecule has 110 valence electrons. The van der Waals surface area contributed by atoms with E-state index in [1.807, 2.05) is 18.7 Å². The molecule has 0 aromatic rings. The lowest BCUT2D eigenvalue weighted by molar-refractivity contribution is -0.134. The van der Waals surface area contributed by atoms with Crippen LogP contribution in [0.5, 0.6) is 0 Å². The first-order chi connectivity index (χ1) is 9.06. The Balaban J connectivity index is 2.46. The van der Waals surface area contributed by atoms with Crippen molar-refractivity contribution in [2.75, 3.05) is 26.8 Å². The van der Waals surface area contributed by atoms with Gasteiger partial charge in [-0.3, -0.25) is 9.59 Å². The highest BCUT2D eigenvalue weighted by atomic mass is 16.5. The van der Waals surface area contributed by atoms with Crippen LogP contribution in [0.25, 0.3) is 0 Å². The van der Waals surface area contributed by atoms with Crippen LogP contribution in [0, 0.1) is 5.92 Å². The maximum absolute atomic E-state index is 12.3. The Morgan fingerprint density at radius 2 is 2.05 bits per heavy atom. The Kier molecular flexibility index (Phi) is 6.84. The molecule has 0 aliphatic carbocycles. The van der Waals surface area contributed by atoms with Crippen LogP contribution in [0.2, 0.25) is 0 Å². The van der Waals surface area contributed by atoms with E-state index >= 15 is 0 Å². The molecule has 2 amide bonds. The van der Waals surface area contributed by atoms with Gasteiger partial charge in [-0.15, -0.1) is 0 Å². The minimum Gasteiger partial charge on any atom is -0.385 e. The van der Waals surface area contributed by atoms with Crippen LogP contribution in [-0.4, -0.2) is 49.6 Å². The molecule has 0 aromatic carbocycles. The molecule has 1 aliphatic rings. The number of hydrogen-bond donors (Lipinski definition) is 1.